The Morgan fingerprint density at radius 2 is 1.70 bits per heavy atom. The van der Waals surface area contributed by atoms with Gasteiger partial charge in [-0.15, -0.1) is 0 Å². The summed E-state index contributed by atoms with van der Waals surface area (Å²) < 4.78 is 16.0. The molecular formula is C20H23N3O4. The summed E-state index contributed by atoms with van der Waals surface area (Å²) in [5.41, 5.74) is 2.73. The first-order chi connectivity index (χ1) is 13.2. The first-order valence-corrected chi connectivity index (χ1v) is 9.09. The third-order valence-electron chi connectivity index (χ3n) is 4.66. The van der Waals surface area contributed by atoms with E-state index in [4.69, 9.17) is 14.2 Å². The molecule has 142 valence electrons. The highest BCUT2D eigenvalue weighted by atomic mass is 16.7. The van der Waals surface area contributed by atoms with Crippen LogP contribution in [0.15, 0.2) is 42.5 Å². The van der Waals surface area contributed by atoms with E-state index in [0.717, 1.165) is 49.1 Å². The Morgan fingerprint density at radius 3 is 2.48 bits per heavy atom. The van der Waals surface area contributed by atoms with Gasteiger partial charge in [0, 0.05) is 36.2 Å². The summed E-state index contributed by atoms with van der Waals surface area (Å²) >= 11 is 0. The summed E-state index contributed by atoms with van der Waals surface area (Å²) in [5.74, 6) is 1.30. The summed E-state index contributed by atoms with van der Waals surface area (Å²) in [6.45, 7) is 5.34. The van der Waals surface area contributed by atoms with E-state index in [2.05, 4.69) is 15.5 Å². The third kappa shape index (κ3) is 4.09. The number of rotatable bonds is 5. The van der Waals surface area contributed by atoms with Crippen molar-refractivity contribution in [2.24, 2.45) is 0 Å². The molecule has 2 aromatic carbocycles. The number of amides is 1. The van der Waals surface area contributed by atoms with Crippen LogP contribution in [0.25, 0.3) is 0 Å². The number of carbonyl (C=O) groups excluding carboxylic acids is 1. The zero-order chi connectivity index (χ0) is 18.6. The van der Waals surface area contributed by atoms with Crippen LogP contribution in [0.5, 0.6) is 11.5 Å². The van der Waals surface area contributed by atoms with Crippen molar-refractivity contribution in [3.63, 3.8) is 0 Å². The minimum Gasteiger partial charge on any atom is -0.454 e. The fraction of sp³-hybridized carbons (Fsp3) is 0.350. The van der Waals surface area contributed by atoms with E-state index in [1.54, 1.807) is 0 Å². The molecule has 2 heterocycles. The molecular weight excluding hydrogens is 346 g/mol. The number of benzene rings is 2. The Hall–Kier alpha value is -2.93. The minimum absolute atomic E-state index is 0.105. The summed E-state index contributed by atoms with van der Waals surface area (Å²) in [5, 5.41) is 6.13. The molecule has 1 fully saturated rings. The van der Waals surface area contributed by atoms with Crippen molar-refractivity contribution in [2.75, 3.05) is 48.6 Å². The van der Waals surface area contributed by atoms with Crippen molar-refractivity contribution in [3.05, 3.63) is 42.5 Å². The highest BCUT2D eigenvalue weighted by Crippen LogP contribution is 2.34. The lowest BCUT2D eigenvalue weighted by Gasteiger charge is -2.29. The minimum atomic E-state index is -0.399. The zero-order valence-corrected chi connectivity index (χ0v) is 15.2. The number of carbonyl (C=O) groups is 1. The van der Waals surface area contributed by atoms with Gasteiger partial charge in [0.15, 0.2) is 11.5 Å². The third-order valence-corrected chi connectivity index (χ3v) is 4.66. The molecule has 2 aliphatic heterocycles. The van der Waals surface area contributed by atoms with E-state index in [-0.39, 0.29) is 12.7 Å². The van der Waals surface area contributed by atoms with E-state index in [9.17, 15) is 4.79 Å². The summed E-state index contributed by atoms with van der Waals surface area (Å²) in [6.07, 6.45) is 0. The first kappa shape index (κ1) is 17.5. The standard InChI is InChI=1S/C20H23N3O4/c1-14(21-16-4-7-18-19(12-16)27-13-26-18)20(24)22-15-2-5-17(6-3-15)23-8-10-25-11-9-23/h2-7,12,14,21H,8-11,13H2,1H3,(H,22,24)/t14-/m1/s1. The molecule has 27 heavy (non-hydrogen) atoms. The normalized spacial score (nSPS) is 16.7. The van der Waals surface area contributed by atoms with Gasteiger partial charge in [0.05, 0.1) is 13.2 Å². The van der Waals surface area contributed by atoms with Crippen molar-refractivity contribution >= 4 is 23.0 Å². The van der Waals surface area contributed by atoms with Crippen LogP contribution in [0.1, 0.15) is 6.92 Å². The van der Waals surface area contributed by atoms with Crippen LogP contribution in [0, 0.1) is 0 Å². The molecule has 1 saturated heterocycles. The van der Waals surface area contributed by atoms with Crippen molar-refractivity contribution in [3.8, 4) is 11.5 Å². The van der Waals surface area contributed by atoms with E-state index in [1.807, 2.05) is 49.4 Å². The van der Waals surface area contributed by atoms with Crippen LogP contribution < -0.4 is 25.0 Å². The molecule has 0 saturated carbocycles. The SMILES string of the molecule is C[C@@H](Nc1ccc2c(c1)OCO2)C(=O)Nc1ccc(N2CCOCC2)cc1. The molecule has 0 unspecified atom stereocenters. The van der Waals surface area contributed by atoms with Crippen LogP contribution in [0.4, 0.5) is 17.1 Å². The molecule has 0 spiro atoms. The van der Waals surface area contributed by atoms with Gasteiger partial charge in [-0.05, 0) is 43.3 Å². The summed E-state index contributed by atoms with van der Waals surface area (Å²) in [4.78, 5) is 14.8. The Balaban J connectivity index is 1.34. The van der Waals surface area contributed by atoms with E-state index in [1.165, 1.54) is 0 Å². The number of anilines is 3. The van der Waals surface area contributed by atoms with E-state index < -0.39 is 6.04 Å². The lowest BCUT2D eigenvalue weighted by atomic mass is 10.2. The molecule has 0 radical (unpaired) electrons. The number of nitrogens with one attached hydrogen (secondary N) is 2. The molecule has 0 bridgehead atoms. The fourth-order valence-electron chi connectivity index (χ4n) is 3.13. The van der Waals surface area contributed by atoms with Gasteiger partial charge in [-0.1, -0.05) is 0 Å². The number of fused-ring (bicyclic) bond motifs is 1. The van der Waals surface area contributed by atoms with Gasteiger partial charge in [0.25, 0.3) is 0 Å². The van der Waals surface area contributed by atoms with Crippen LogP contribution in [-0.4, -0.2) is 45.0 Å². The monoisotopic (exact) mass is 369 g/mol. The van der Waals surface area contributed by atoms with Gasteiger partial charge in [0.1, 0.15) is 6.04 Å². The lowest BCUT2D eigenvalue weighted by molar-refractivity contribution is -0.116. The van der Waals surface area contributed by atoms with Gasteiger partial charge >= 0.3 is 0 Å². The molecule has 2 aromatic rings. The molecule has 0 aromatic heterocycles. The van der Waals surface area contributed by atoms with Crippen molar-refractivity contribution in [1.29, 1.82) is 0 Å². The fourth-order valence-corrected chi connectivity index (χ4v) is 3.13. The number of nitrogens with zero attached hydrogens (tertiary/aromatic N) is 1. The van der Waals surface area contributed by atoms with Gasteiger partial charge in [-0.25, -0.2) is 0 Å². The number of hydrogen-bond donors (Lipinski definition) is 2. The Morgan fingerprint density at radius 1 is 1.00 bits per heavy atom. The number of morpholine rings is 1. The largest absolute Gasteiger partial charge is 0.454 e. The predicted molar refractivity (Wildman–Crippen MR) is 104 cm³/mol. The second kappa shape index (κ2) is 7.75. The maximum absolute atomic E-state index is 12.5. The maximum atomic E-state index is 12.5. The van der Waals surface area contributed by atoms with Crippen LogP contribution in [-0.2, 0) is 9.53 Å². The molecule has 7 heteroatoms. The van der Waals surface area contributed by atoms with E-state index in [0.29, 0.717) is 5.75 Å². The predicted octanol–water partition coefficient (Wildman–Crippen LogP) is 2.69. The summed E-state index contributed by atoms with van der Waals surface area (Å²) in [7, 11) is 0. The Bertz CT molecular complexity index is 803. The van der Waals surface area contributed by atoms with Gasteiger partial charge in [-0.2, -0.15) is 0 Å². The second-order valence-corrected chi connectivity index (χ2v) is 6.57. The molecule has 0 aliphatic carbocycles. The molecule has 1 atom stereocenters. The Kier molecular flexibility index (Phi) is 5.02. The molecule has 1 amide bonds. The highest BCUT2D eigenvalue weighted by molar-refractivity contribution is 5.96. The summed E-state index contributed by atoms with van der Waals surface area (Å²) in [6, 6.07) is 13.0. The lowest BCUT2D eigenvalue weighted by Crippen LogP contribution is -2.36. The van der Waals surface area contributed by atoms with Gasteiger partial charge in [0.2, 0.25) is 12.7 Å². The van der Waals surface area contributed by atoms with Crippen LogP contribution >= 0.6 is 0 Å². The van der Waals surface area contributed by atoms with Gasteiger partial charge < -0.3 is 29.7 Å². The average molecular weight is 369 g/mol. The maximum Gasteiger partial charge on any atom is 0.246 e. The van der Waals surface area contributed by atoms with Crippen molar-refractivity contribution in [1.82, 2.24) is 0 Å². The van der Waals surface area contributed by atoms with Crippen LogP contribution in [0.2, 0.25) is 0 Å². The van der Waals surface area contributed by atoms with E-state index >= 15 is 0 Å². The Labute approximate surface area is 158 Å². The highest BCUT2D eigenvalue weighted by Gasteiger charge is 2.17. The quantitative estimate of drug-likeness (QED) is 0.844. The molecule has 4 rings (SSSR count). The topological polar surface area (TPSA) is 72.1 Å². The van der Waals surface area contributed by atoms with Crippen molar-refractivity contribution in [2.45, 2.75) is 13.0 Å². The number of hydrogen-bond acceptors (Lipinski definition) is 6. The zero-order valence-electron chi connectivity index (χ0n) is 15.2. The molecule has 7 nitrogen and oxygen atoms in total. The average Bonchev–Trinajstić information content (AvgIpc) is 3.17. The molecule has 2 aliphatic rings. The smallest absolute Gasteiger partial charge is 0.246 e. The second-order valence-electron chi connectivity index (χ2n) is 6.57. The molecule has 2 N–H and O–H groups in total. The van der Waals surface area contributed by atoms with Crippen LogP contribution in [0.3, 0.4) is 0 Å². The first-order valence-electron chi connectivity index (χ1n) is 9.09. The van der Waals surface area contributed by atoms with Crippen molar-refractivity contribution < 1.29 is 19.0 Å². The van der Waals surface area contributed by atoms with Gasteiger partial charge in [-0.3, -0.25) is 4.79 Å². The number of ether oxygens (including phenoxy) is 3.